The van der Waals surface area contributed by atoms with Crippen LogP contribution in [0.1, 0.15) is 23.5 Å². The minimum absolute atomic E-state index is 0.00541. The van der Waals surface area contributed by atoms with E-state index in [4.69, 9.17) is 0 Å². The Morgan fingerprint density at radius 2 is 2.00 bits per heavy atom. The molecule has 1 amide bonds. The molecule has 7 heteroatoms. The molecule has 2 aromatic heterocycles. The summed E-state index contributed by atoms with van der Waals surface area (Å²) in [5.74, 6) is 0.354. The summed E-state index contributed by atoms with van der Waals surface area (Å²) in [5, 5.41) is 0.755. The molecule has 0 saturated heterocycles. The van der Waals surface area contributed by atoms with E-state index in [1.54, 1.807) is 16.2 Å². The van der Waals surface area contributed by atoms with E-state index in [1.165, 1.54) is 11.3 Å². The molecule has 0 atom stereocenters. The van der Waals surface area contributed by atoms with Gasteiger partial charge >= 0.3 is 0 Å². The van der Waals surface area contributed by atoms with Crippen molar-refractivity contribution in [2.45, 2.75) is 13.8 Å². The summed E-state index contributed by atoms with van der Waals surface area (Å²) in [7, 11) is 0. The number of thiophene rings is 1. The zero-order valence-electron chi connectivity index (χ0n) is 12.5. The third-order valence-electron chi connectivity index (χ3n) is 3.16. The predicted octanol–water partition coefficient (Wildman–Crippen LogP) is 6.19. The van der Waals surface area contributed by atoms with Gasteiger partial charge in [0, 0.05) is 11.0 Å². The molecule has 0 aliphatic heterocycles. The molecular weight excluding hydrogens is 460 g/mol. The fourth-order valence-corrected chi connectivity index (χ4v) is 5.13. The maximum absolute atomic E-state index is 13.0. The molecular formula is C16H14Br2N2OS2. The smallest absolute Gasteiger partial charge is 0.270 e. The van der Waals surface area contributed by atoms with E-state index in [0.717, 1.165) is 23.6 Å². The van der Waals surface area contributed by atoms with Crippen LogP contribution in [0.4, 0.5) is 5.13 Å². The molecule has 0 bridgehead atoms. The molecule has 23 heavy (non-hydrogen) atoms. The highest BCUT2D eigenvalue weighted by atomic mass is 79.9. The summed E-state index contributed by atoms with van der Waals surface area (Å²) < 4.78 is 2.92. The quantitative estimate of drug-likeness (QED) is 0.452. The molecule has 0 spiro atoms. The molecule has 2 heterocycles. The standard InChI is InChI=1S/C16H14Br2N2OS2/c1-9(2)8-20(15(21)13-7-10(17)14(18)22-13)16-19-11-5-3-4-6-12(11)23-16/h3-7,9H,8H2,1-2H3. The van der Waals surface area contributed by atoms with Gasteiger partial charge in [-0.05, 0) is 56.0 Å². The summed E-state index contributed by atoms with van der Waals surface area (Å²) in [6.07, 6.45) is 0. The Kier molecular flexibility index (Phi) is 5.20. The van der Waals surface area contributed by atoms with Gasteiger partial charge in [-0.3, -0.25) is 9.69 Å². The van der Waals surface area contributed by atoms with Crippen molar-refractivity contribution in [2.75, 3.05) is 11.4 Å². The number of rotatable bonds is 4. The van der Waals surface area contributed by atoms with Crippen LogP contribution in [0.2, 0.25) is 0 Å². The van der Waals surface area contributed by atoms with E-state index in [1.807, 2.05) is 30.3 Å². The topological polar surface area (TPSA) is 33.2 Å². The van der Waals surface area contributed by atoms with Gasteiger partial charge in [0.1, 0.15) is 0 Å². The lowest BCUT2D eigenvalue weighted by atomic mass is 10.2. The SMILES string of the molecule is CC(C)CN(C(=O)c1cc(Br)c(Br)s1)c1nc2ccccc2s1. The zero-order valence-corrected chi connectivity index (χ0v) is 17.4. The normalized spacial score (nSPS) is 11.3. The first-order chi connectivity index (χ1) is 11.0. The lowest BCUT2D eigenvalue weighted by Crippen LogP contribution is -2.33. The fourth-order valence-electron chi connectivity index (χ4n) is 2.17. The minimum Gasteiger partial charge on any atom is -0.283 e. The lowest BCUT2D eigenvalue weighted by Gasteiger charge is -2.21. The highest BCUT2D eigenvalue weighted by molar-refractivity contribution is 9.13. The number of carbonyl (C=O) groups excluding carboxylic acids is 1. The maximum Gasteiger partial charge on any atom is 0.270 e. The van der Waals surface area contributed by atoms with Crippen molar-refractivity contribution >= 4 is 75.8 Å². The first-order valence-electron chi connectivity index (χ1n) is 7.08. The van der Waals surface area contributed by atoms with E-state index in [0.29, 0.717) is 17.3 Å². The van der Waals surface area contributed by atoms with Crippen molar-refractivity contribution in [2.24, 2.45) is 5.92 Å². The minimum atomic E-state index is -0.00541. The molecule has 0 N–H and O–H groups in total. The van der Waals surface area contributed by atoms with E-state index < -0.39 is 0 Å². The van der Waals surface area contributed by atoms with Gasteiger partial charge in [0.2, 0.25) is 0 Å². The average Bonchev–Trinajstić information content (AvgIpc) is 3.07. The molecule has 3 aromatic rings. The Morgan fingerprint density at radius 1 is 1.26 bits per heavy atom. The number of nitrogens with zero attached hydrogens (tertiary/aromatic N) is 2. The Morgan fingerprint density at radius 3 is 2.61 bits per heavy atom. The van der Waals surface area contributed by atoms with Crippen LogP contribution in [0.3, 0.4) is 0 Å². The van der Waals surface area contributed by atoms with Crippen molar-refractivity contribution in [3.8, 4) is 0 Å². The molecule has 0 radical (unpaired) electrons. The van der Waals surface area contributed by atoms with Crippen LogP contribution in [0, 0.1) is 5.92 Å². The second-order valence-electron chi connectivity index (χ2n) is 5.51. The first kappa shape index (κ1) is 17.1. The number of benzene rings is 1. The van der Waals surface area contributed by atoms with Crippen LogP contribution in [0.15, 0.2) is 38.6 Å². The van der Waals surface area contributed by atoms with Gasteiger partial charge in [0.25, 0.3) is 5.91 Å². The van der Waals surface area contributed by atoms with Gasteiger partial charge in [-0.15, -0.1) is 11.3 Å². The second kappa shape index (κ2) is 7.01. The predicted molar refractivity (Wildman–Crippen MR) is 106 cm³/mol. The van der Waals surface area contributed by atoms with Gasteiger partial charge in [0.05, 0.1) is 18.9 Å². The number of thiazole rings is 1. The highest BCUT2D eigenvalue weighted by Crippen LogP contribution is 2.35. The van der Waals surface area contributed by atoms with Crippen LogP contribution in [0.5, 0.6) is 0 Å². The molecule has 0 unspecified atom stereocenters. The molecule has 0 fully saturated rings. The van der Waals surface area contributed by atoms with Gasteiger partial charge < -0.3 is 0 Å². The largest absolute Gasteiger partial charge is 0.283 e. The summed E-state index contributed by atoms with van der Waals surface area (Å²) in [5.41, 5.74) is 0.933. The van der Waals surface area contributed by atoms with Crippen molar-refractivity contribution in [1.29, 1.82) is 0 Å². The number of fused-ring (bicyclic) bond motifs is 1. The van der Waals surface area contributed by atoms with Gasteiger partial charge in [-0.25, -0.2) is 4.98 Å². The number of para-hydroxylation sites is 1. The lowest BCUT2D eigenvalue weighted by molar-refractivity contribution is 0.0987. The molecule has 0 aliphatic carbocycles. The van der Waals surface area contributed by atoms with Crippen LogP contribution < -0.4 is 4.90 Å². The number of anilines is 1. The van der Waals surface area contributed by atoms with Crippen molar-refractivity contribution < 1.29 is 4.79 Å². The Hall–Kier alpha value is -0.760. The summed E-state index contributed by atoms with van der Waals surface area (Å²) >= 11 is 9.90. The van der Waals surface area contributed by atoms with Crippen LogP contribution >= 0.6 is 54.5 Å². The summed E-state index contributed by atoms with van der Waals surface area (Å²) in [6, 6.07) is 9.83. The Bertz CT molecular complexity index is 804. The highest BCUT2D eigenvalue weighted by Gasteiger charge is 2.24. The number of aromatic nitrogens is 1. The summed E-state index contributed by atoms with van der Waals surface area (Å²) in [6.45, 7) is 4.85. The van der Waals surface area contributed by atoms with E-state index in [-0.39, 0.29) is 5.91 Å². The van der Waals surface area contributed by atoms with Gasteiger partial charge in [0.15, 0.2) is 5.13 Å². The van der Waals surface area contributed by atoms with Crippen molar-refractivity contribution in [3.05, 3.63) is 43.5 Å². The average molecular weight is 474 g/mol. The Balaban J connectivity index is 2.01. The van der Waals surface area contributed by atoms with Crippen molar-refractivity contribution in [1.82, 2.24) is 4.98 Å². The molecule has 0 saturated carbocycles. The Labute approximate surface area is 159 Å². The van der Waals surface area contributed by atoms with E-state index in [9.17, 15) is 4.79 Å². The molecule has 3 nitrogen and oxygen atoms in total. The van der Waals surface area contributed by atoms with E-state index >= 15 is 0 Å². The van der Waals surface area contributed by atoms with Crippen LogP contribution in [-0.4, -0.2) is 17.4 Å². The number of halogens is 2. The maximum atomic E-state index is 13.0. The molecule has 120 valence electrons. The zero-order chi connectivity index (χ0) is 16.6. The van der Waals surface area contributed by atoms with Gasteiger partial charge in [-0.2, -0.15) is 0 Å². The number of carbonyl (C=O) groups is 1. The first-order valence-corrected chi connectivity index (χ1v) is 10.3. The summed E-state index contributed by atoms with van der Waals surface area (Å²) in [4.78, 5) is 20.1. The molecule has 1 aromatic carbocycles. The molecule has 0 aliphatic rings. The third kappa shape index (κ3) is 3.68. The van der Waals surface area contributed by atoms with E-state index in [2.05, 4.69) is 50.7 Å². The van der Waals surface area contributed by atoms with Crippen LogP contribution in [0.25, 0.3) is 10.2 Å². The van der Waals surface area contributed by atoms with Crippen LogP contribution in [-0.2, 0) is 0 Å². The number of hydrogen-bond donors (Lipinski definition) is 0. The number of amides is 1. The third-order valence-corrected chi connectivity index (χ3v) is 7.47. The number of hydrogen-bond acceptors (Lipinski definition) is 4. The fraction of sp³-hybridized carbons (Fsp3) is 0.250. The second-order valence-corrected chi connectivity index (χ2v) is 9.74. The van der Waals surface area contributed by atoms with Crippen molar-refractivity contribution in [3.63, 3.8) is 0 Å². The monoisotopic (exact) mass is 472 g/mol. The van der Waals surface area contributed by atoms with Gasteiger partial charge in [-0.1, -0.05) is 37.3 Å². The molecule has 3 rings (SSSR count).